The van der Waals surface area contributed by atoms with Crippen molar-refractivity contribution in [2.75, 3.05) is 45.2 Å². The van der Waals surface area contributed by atoms with Gasteiger partial charge in [0.2, 0.25) is 17.7 Å². The molecule has 3 aromatic rings. The van der Waals surface area contributed by atoms with Crippen LogP contribution < -0.4 is 15.0 Å². The summed E-state index contributed by atoms with van der Waals surface area (Å²) in [5, 5.41) is 2.59. The van der Waals surface area contributed by atoms with Crippen LogP contribution in [0.4, 0.5) is 18.9 Å². The average Bonchev–Trinajstić information content (AvgIpc) is 2.96. The Labute approximate surface area is 240 Å². The van der Waals surface area contributed by atoms with Crippen LogP contribution in [0.5, 0.6) is 5.75 Å². The van der Waals surface area contributed by atoms with Gasteiger partial charge in [-0.15, -0.1) is 0 Å². The highest BCUT2D eigenvalue weighted by molar-refractivity contribution is 6.00. The second-order valence-electron chi connectivity index (χ2n) is 9.72. The number of anilines is 1. The van der Waals surface area contributed by atoms with Crippen LogP contribution in [0.3, 0.4) is 0 Å². The molecule has 42 heavy (non-hydrogen) atoms. The largest absolute Gasteiger partial charge is 0.497 e. The first-order chi connectivity index (χ1) is 20.0. The molecule has 9 nitrogen and oxygen atoms in total. The number of rotatable bonds is 9. The van der Waals surface area contributed by atoms with Gasteiger partial charge in [-0.3, -0.25) is 19.2 Å². The molecule has 1 fully saturated rings. The van der Waals surface area contributed by atoms with E-state index >= 15 is 0 Å². The molecule has 0 unspecified atom stereocenters. The smallest absolute Gasteiger partial charge is 0.257 e. The molecule has 3 aromatic carbocycles. The summed E-state index contributed by atoms with van der Waals surface area (Å²) >= 11 is 0. The summed E-state index contributed by atoms with van der Waals surface area (Å²) in [6.07, 6.45) is -0.224. The number of carbonyl (C=O) groups excluding carboxylic acids is 4. The SMILES string of the molecule is COc1ccc(N(C)C(=O)[C@H](Cc2cc(F)cc(F)c2)NC(=O)CN2CCN(C(=O)c3ccccc3F)CC2=O)cc1. The zero-order valence-electron chi connectivity index (χ0n) is 23.0. The Kier molecular flexibility index (Phi) is 9.46. The molecule has 1 N–H and O–H groups in total. The summed E-state index contributed by atoms with van der Waals surface area (Å²) in [4.78, 5) is 55.7. The van der Waals surface area contributed by atoms with Crippen LogP contribution in [-0.2, 0) is 20.8 Å². The van der Waals surface area contributed by atoms with Gasteiger partial charge >= 0.3 is 0 Å². The number of hydrogen-bond donors (Lipinski definition) is 1. The lowest BCUT2D eigenvalue weighted by Gasteiger charge is -2.34. The monoisotopic (exact) mass is 582 g/mol. The van der Waals surface area contributed by atoms with Crippen LogP contribution in [0.2, 0.25) is 0 Å². The highest BCUT2D eigenvalue weighted by atomic mass is 19.1. The number of piperazine rings is 1. The normalized spacial score (nSPS) is 13.9. The number of likely N-dealkylation sites (N-methyl/N-ethyl adjacent to an activating group) is 1. The maximum absolute atomic E-state index is 14.1. The van der Waals surface area contributed by atoms with E-state index in [0.29, 0.717) is 17.5 Å². The van der Waals surface area contributed by atoms with Gasteiger partial charge in [0, 0.05) is 38.3 Å². The summed E-state index contributed by atoms with van der Waals surface area (Å²) < 4.78 is 47.0. The molecule has 0 saturated carbocycles. The number of amides is 4. The maximum Gasteiger partial charge on any atom is 0.257 e. The first-order valence-electron chi connectivity index (χ1n) is 13.0. The molecular formula is C30H29F3N4O5. The Morgan fingerprint density at radius 1 is 0.976 bits per heavy atom. The van der Waals surface area contributed by atoms with Crippen LogP contribution in [0.1, 0.15) is 15.9 Å². The van der Waals surface area contributed by atoms with E-state index in [4.69, 9.17) is 4.74 Å². The fraction of sp³-hybridized carbons (Fsp3) is 0.267. The molecule has 1 aliphatic rings. The Hall–Kier alpha value is -4.87. The van der Waals surface area contributed by atoms with Crippen molar-refractivity contribution < 1.29 is 37.1 Å². The quantitative estimate of drug-likeness (QED) is 0.419. The Balaban J connectivity index is 1.45. The summed E-state index contributed by atoms with van der Waals surface area (Å²) in [7, 11) is 2.99. The van der Waals surface area contributed by atoms with Crippen LogP contribution in [-0.4, -0.2) is 79.8 Å². The van der Waals surface area contributed by atoms with Gasteiger partial charge in [-0.1, -0.05) is 12.1 Å². The van der Waals surface area contributed by atoms with Crippen LogP contribution in [0, 0.1) is 17.5 Å². The molecule has 0 aliphatic carbocycles. The minimum Gasteiger partial charge on any atom is -0.497 e. The van der Waals surface area contributed by atoms with Crippen molar-refractivity contribution in [2.45, 2.75) is 12.5 Å². The molecule has 1 saturated heterocycles. The zero-order chi connectivity index (χ0) is 30.4. The Morgan fingerprint density at radius 2 is 1.64 bits per heavy atom. The summed E-state index contributed by atoms with van der Waals surface area (Å²) in [5.41, 5.74) is 0.467. The third-order valence-electron chi connectivity index (χ3n) is 6.83. The average molecular weight is 583 g/mol. The Morgan fingerprint density at radius 3 is 2.26 bits per heavy atom. The first kappa shape index (κ1) is 30.1. The zero-order valence-corrected chi connectivity index (χ0v) is 23.0. The lowest BCUT2D eigenvalue weighted by Crippen LogP contribution is -2.56. The second kappa shape index (κ2) is 13.2. The third-order valence-corrected chi connectivity index (χ3v) is 6.83. The van der Waals surface area contributed by atoms with Crippen LogP contribution in [0.25, 0.3) is 0 Å². The molecule has 0 spiro atoms. The van der Waals surface area contributed by atoms with Gasteiger partial charge in [0.15, 0.2) is 0 Å². The van der Waals surface area contributed by atoms with Gasteiger partial charge in [0.05, 0.1) is 19.2 Å². The van der Waals surface area contributed by atoms with Gasteiger partial charge in [-0.05, 0) is 54.1 Å². The van der Waals surface area contributed by atoms with E-state index in [1.165, 1.54) is 47.1 Å². The van der Waals surface area contributed by atoms with E-state index in [-0.39, 0.29) is 37.2 Å². The number of benzene rings is 3. The predicted molar refractivity (Wildman–Crippen MR) is 147 cm³/mol. The van der Waals surface area contributed by atoms with Crippen molar-refractivity contribution in [3.63, 3.8) is 0 Å². The van der Waals surface area contributed by atoms with Crippen molar-refractivity contribution >= 4 is 29.3 Å². The van der Waals surface area contributed by atoms with E-state index in [1.54, 1.807) is 24.3 Å². The predicted octanol–water partition coefficient (Wildman–Crippen LogP) is 2.79. The summed E-state index contributed by atoms with van der Waals surface area (Å²) in [5.74, 6) is -4.23. The van der Waals surface area contributed by atoms with Crippen molar-refractivity contribution in [2.24, 2.45) is 0 Å². The molecule has 1 heterocycles. The number of methoxy groups -OCH3 is 1. The fourth-order valence-electron chi connectivity index (χ4n) is 4.60. The third kappa shape index (κ3) is 7.25. The molecule has 4 amide bonds. The summed E-state index contributed by atoms with van der Waals surface area (Å²) in [6, 6.07) is 13.6. The van der Waals surface area contributed by atoms with Gasteiger partial charge in [0.25, 0.3) is 5.91 Å². The number of ether oxygens (including phenoxy) is 1. The van der Waals surface area contributed by atoms with Crippen LogP contribution >= 0.6 is 0 Å². The standard InChI is InChI=1S/C30H29F3N4O5/c1-35(22-7-9-23(42-2)10-8-22)30(41)26(15-19-13-20(31)16-21(32)14-19)34-27(38)17-36-11-12-37(18-28(36)39)29(40)24-5-3-4-6-25(24)33/h3-10,13-14,16,26H,11-12,15,17-18H2,1-2H3,(H,34,38)/t26-/m0/s1. The molecule has 0 aromatic heterocycles. The van der Waals surface area contributed by atoms with E-state index < -0.39 is 53.7 Å². The molecular weight excluding hydrogens is 553 g/mol. The highest BCUT2D eigenvalue weighted by Gasteiger charge is 2.31. The second-order valence-corrected chi connectivity index (χ2v) is 9.72. The van der Waals surface area contributed by atoms with Gasteiger partial charge in [0.1, 0.15) is 35.8 Å². The van der Waals surface area contributed by atoms with Gasteiger partial charge in [-0.25, -0.2) is 13.2 Å². The van der Waals surface area contributed by atoms with Crippen molar-refractivity contribution in [1.82, 2.24) is 15.1 Å². The Bertz CT molecular complexity index is 1460. The number of hydrogen-bond acceptors (Lipinski definition) is 5. The number of carbonyl (C=O) groups is 4. The highest BCUT2D eigenvalue weighted by Crippen LogP contribution is 2.20. The van der Waals surface area contributed by atoms with Gasteiger partial charge < -0.3 is 24.8 Å². The molecule has 4 rings (SSSR count). The molecule has 0 bridgehead atoms. The minimum absolute atomic E-state index is 0.00587. The van der Waals surface area contributed by atoms with E-state index in [0.717, 1.165) is 18.2 Å². The fourth-order valence-corrected chi connectivity index (χ4v) is 4.60. The number of nitrogens with one attached hydrogen (secondary N) is 1. The van der Waals surface area contributed by atoms with Crippen LogP contribution in [0.15, 0.2) is 66.7 Å². The topological polar surface area (TPSA) is 99.3 Å². The number of halogens is 3. The maximum atomic E-state index is 14.1. The lowest BCUT2D eigenvalue weighted by molar-refractivity contribution is -0.139. The van der Waals surface area contributed by atoms with Gasteiger partial charge in [-0.2, -0.15) is 0 Å². The number of nitrogens with zero attached hydrogens (tertiary/aromatic N) is 3. The molecule has 12 heteroatoms. The minimum atomic E-state index is -1.23. The lowest BCUT2D eigenvalue weighted by atomic mass is 10.0. The van der Waals surface area contributed by atoms with E-state index in [1.807, 2.05) is 0 Å². The van der Waals surface area contributed by atoms with Crippen molar-refractivity contribution in [3.05, 3.63) is 95.3 Å². The first-order valence-corrected chi connectivity index (χ1v) is 13.0. The van der Waals surface area contributed by atoms with E-state index in [9.17, 15) is 32.3 Å². The van der Waals surface area contributed by atoms with Crippen molar-refractivity contribution in [1.29, 1.82) is 0 Å². The molecule has 1 atom stereocenters. The molecule has 220 valence electrons. The van der Waals surface area contributed by atoms with Crippen molar-refractivity contribution in [3.8, 4) is 5.75 Å². The molecule has 0 radical (unpaired) electrons. The molecule has 1 aliphatic heterocycles. The van der Waals surface area contributed by atoms with E-state index in [2.05, 4.69) is 5.32 Å². The summed E-state index contributed by atoms with van der Waals surface area (Å²) in [6.45, 7) is -0.705.